The number of hydrogen-bond donors (Lipinski definition) is 0. The van der Waals surface area contributed by atoms with Crippen molar-refractivity contribution in [3.05, 3.63) is 57.6 Å². The van der Waals surface area contributed by atoms with Gasteiger partial charge in [0.05, 0.1) is 11.1 Å². The van der Waals surface area contributed by atoms with Crippen molar-refractivity contribution < 1.29 is 14.2 Å². The van der Waals surface area contributed by atoms with Crippen LogP contribution in [0.25, 0.3) is 0 Å². The first-order valence-corrected chi connectivity index (χ1v) is 13.8. The second-order valence-electron chi connectivity index (χ2n) is 12.6. The fraction of sp³-hybridized carbons (Fsp3) is 0.625. The number of unbranched alkanes of at least 4 members (excludes halogenated alkanes) is 2. The highest BCUT2D eigenvalue weighted by molar-refractivity contribution is 5.52. The van der Waals surface area contributed by atoms with Crippen molar-refractivity contribution in [3.8, 4) is 11.5 Å². The van der Waals surface area contributed by atoms with Gasteiger partial charge in [-0.25, -0.2) is 0 Å². The van der Waals surface area contributed by atoms with Gasteiger partial charge in [-0.2, -0.15) is 0 Å². The molecule has 3 nitrogen and oxygen atoms in total. The third-order valence-electron chi connectivity index (χ3n) is 7.71. The molecule has 3 heteroatoms. The summed E-state index contributed by atoms with van der Waals surface area (Å²) in [5.41, 5.74) is 7.61. The third kappa shape index (κ3) is 5.88. The van der Waals surface area contributed by atoms with Crippen LogP contribution in [0.4, 0.5) is 0 Å². The van der Waals surface area contributed by atoms with Crippen LogP contribution in [0.3, 0.4) is 0 Å². The van der Waals surface area contributed by atoms with Crippen LogP contribution in [0, 0.1) is 24.7 Å². The fourth-order valence-corrected chi connectivity index (χ4v) is 5.88. The normalized spacial score (nSPS) is 19.0. The van der Waals surface area contributed by atoms with Crippen LogP contribution in [-0.2, 0) is 17.6 Å². The first kappa shape index (κ1) is 26.1. The van der Waals surface area contributed by atoms with Gasteiger partial charge in [0.25, 0.3) is 0 Å². The average molecular weight is 479 g/mol. The van der Waals surface area contributed by atoms with Gasteiger partial charge in [-0.15, -0.1) is 0 Å². The van der Waals surface area contributed by atoms with Crippen molar-refractivity contribution in [1.29, 1.82) is 0 Å². The predicted octanol–water partition coefficient (Wildman–Crippen LogP) is 9.32. The average Bonchev–Trinajstić information content (AvgIpc) is 2.77. The highest BCUT2D eigenvalue weighted by Crippen LogP contribution is 2.50. The lowest BCUT2D eigenvalue weighted by Gasteiger charge is -2.40. The molecule has 2 heterocycles. The molecule has 2 aliphatic heterocycles. The summed E-state index contributed by atoms with van der Waals surface area (Å²) in [7, 11) is 0. The maximum atomic E-state index is 6.51. The second-order valence-corrected chi connectivity index (χ2v) is 12.6. The minimum Gasteiger partial charge on any atom is -0.459 e. The highest BCUT2D eigenvalue weighted by atomic mass is 16.8. The summed E-state index contributed by atoms with van der Waals surface area (Å²) in [4.78, 5) is 0. The number of rotatable bonds is 10. The van der Waals surface area contributed by atoms with Crippen molar-refractivity contribution in [2.45, 2.75) is 119 Å². The van der Waals surface area contributed by atoms with E-state index in [1.807, 2.05) is 0 Å². The van der Waals surface area contributed by atoms with Crippen molar-refractivity contribution in [2.24, 2.45) is 10.8 Å². The van der Waals surface area contributed by atoms with Crippen molar-refractivity contribution in [1.82, 2.24) is 0 Å². The SMILES string of the molecule is CCCCC(C)(C)Cc1cc(C)c2c(c1)C1Oc3c(C)cc(CC(C)(C)CCCC)cc3C(O2)O1. The van der Waals surface area contributed by atoms with E-state index in [2.05, 4.69) is 79.7 Å². The van der Waals surface area contributed by atoms with Gasteiger partial charge in [-0.1, -0.05) is 79.4 Å². The van der Waals surface area contributed by atoms with Gasteiger partial charge in [-0.3, -0.25) is 4.74 Å². The number of benzene rings is 2. The Hall–Kier alpha value is -2.00. The molecule has 35 heavy (non-hydrogen) atoms. The lowest BCUT2D eigenvalue weighted by Crippen LogP contribution is -2.31. The summed E-state index contributed by atoms with van der Waals surface area (Å²) >= 11 is 0. The monoisotopic (exact) mass is 478 g/mol. The van der Waals surface area contributed by atoms with Crippen LogP contribution in [0.15, 0.2) is 24.3 Å². The molecule has 2 aromatic carbocycles. The van der Waals surface area contributed by atoms with E-state index in [1.165, 1.54) is 60.8 Å². The van der Waals surface area contributed by atoms with Crippen LogP contribution >= 0.6 is 0 Å². The Morgan fingerprint density at radius 2 is 1.06 bits per heavy atom. The molecule has 0 spiro atoms. The summed E-state index contributed by atoms with van der Waals surface area (Å²) in [6.45, 7) is 18.3. The van der Waals surface area contributed by atoms with Gasteiger partial charge in [0.2, 0.25) is 12.6 Å². The molecule has 0 saturated heterocycles. The molecule has 2 bridgehead atoms. The Morgan fingerprint density at radius 1 is 0.657 bits per heavy atom. The van der Waals surface area contributed by atoms with E-state index in [1.54, 1.807) is 0 Å². The molecule has 0 amide bonds. The van der Waals surface area contributed by atoms with Gasteiger partial charge in [0, 0.05) is 0 Å². The van der Waals surface area contributed by atoms with Crippen LogP contribution in [0.5, 0.6) is 11.5 Å². The number of ether oxygens (including phenoxy) is 3. The van der Waals surface area contributed by atoms with Gasteiger partial charge in [-0.05, 0) is 84.7 Å². The number of aryl methyl sites for hydroxylation is 2. The zero-order valence-corrected chi connectivity index (χ0v) is 23.3. The third-order valence-corrected chi connectivity index (χ3v) is 7.71. The van der Waals surface area contributed by atoms with Gasteiger partial charge in [0.1, 0.15) is 11.5 Å². The second kappa shape index (κ2) is 10.2. The Labute approximate surface area is 213 Å². The molecule has 192 valence electrons. The van der Waals surface area contributed by atoms with Crippen molar-refractivity contribution in [3.63, 3.8) is 0 Å². The Kier molecular flexibility index (Phi) is 7.57. The van der Waals surface area contributed by atoms with Crippen LogP contribution < -0.4 is 9.47 Å². The van der Waals surface area contributed by atoms with E-state index in [-0.39, 0.29) is 10.8 Å². The van der Waals surface area contributed by atoms with E-state index in [9.17, 15) is 0 Å². The molecule has 0 aromatic heterocycles. The molecule has 0 aliphatic carbocycles. The summed E-state index contributed by atoms with van der Waals surface area (Å²) in [6.07, 6.45) is 8.74. The quantitative estimate of drug-likeness (QED) is 0.340. The van der Waals surface area contributed by atoms with Crippen LogP contribution in [-0.4, -0.2) is 0 Å². The van der Waals surface area contributed by atoms with Crippen LogP contribution in [0.1, 0.15) is 126 Å². The zero-order chi connectivity index (χ0) is 25.4. The van der Waals surface area contributed by atoms with Gasteiger partial charge in [0.15, 0.2) is 0 Å². The zero-order valence-electron chi connectivity index (χ0n) is 23.3. The Balaban J connectivity index is 1.60. The first-order chi connectivity index (χ1) is 16.5. The van der Waals surface area contributed by atoms with Crippen molar-refractivity contribution in [2.75, 3.05) is 0 Å². The lowest BCUT2D eigenvalue weighted by molar-refractivity contribution is -0.228. The van der Waals surface area contributed by atoms with Crippen LogP contribution in [0.2, 0.25) is 0 Å². The summed E-state index contributed by atoms with van der Waals surface area (Å²) in [6, 6.07) is 9.10. The van der Waals surface area contributed by atoms with Crippen molar-refractivity contribution >= 4 is 0 Å². The van der Waals surface area contributed by atoms with E-state index in [0.29, 0.717) is 0 Å². The van der Waals surface area contributed by atoms with Gasteiger partial charge < -0.3 is 9.47 Å². The highest BCUT2D eigenvalue weighted by Gasteiger charge is 2.40. The molecule has 0 saturated carbocycles. The molecular weight excluding hydrogens is 432 g/mol. The molecule has 0 fully saturated rings. The number of hydrogen-bond acceptors (Lipinski definition) is 3. The maximum absolute atomic E-state index is 6.51. The fourth-order valence-electron chi connectivity index (χ4n) is 5.88. The predicted molar refractivity (Wildman–Crippen MR) is 144 cm³/mol. The molecule has 2 aromatic rings. The summed E-state index contributed by atoms with van der Waals surface area (Å²) in [5.74, 6) is 1.86. The molecule has 4 rings (SSSR count). The van der Waals surface area contributed by atoms with E-state index < -0.39 is 12.6 Å². The lowest BCUT2D eigenvalue weighted by atomic mass is 9.80. The molecule has 0 radical (unpaired) electrons. The van der Waals surface area contributed by atoms with E-state index in [4.69, 9.17) is 14.2 Å². The van der Waals surface area contributed by atoms with Gasteiger partial charge >= 0.3 is 0 Å². The van der Waals surface area contributed by atoms with E-state index >= 15 is 0 Å². The molecule has 2 atom stereocenters. The van der Waals surface area contributed by atoms with E-state index in [0.717, 1.165) is 35.5 Å². The maximum Gasteiger partial charge on any atom is 0.233 e. The minimum absolute atomic E-state index is 0.271. The minimum atomic E-state index is -0.417. The topological polar surface area (TPSA) is 27.7 Å². The number of fused-ring (bicyclic) bond motifs is 6. The first-order valence-electron chi connectivity index (χ1n) is 13.8. The standard InChI is InChI=1S/C32H46O3/c1-9-11-13-31(5,6)19-23-15-21(3)27-25(17-23)29-34-28-22(4)16-24(18-26(28)30(33-27)35-29)20-32(7,8)14-12-10-2/h15-18,29-30H,9-14,19-20H2,1-8H3. The summed E-state index contributed by atoms with van der Waals surface area (Å²) < 4.78 is 19.4. The smallest absolute Gasteiger partial charge is 0.233 e. The molecular formula is C32H46O3. The Bertz CT molecular complexity index is 966. The molecule has 0 N–H and O–H groups in total. The Morgan fingerprint density at radius 3 is 1.43 bits per heavy atom. The largest absolute Gasteiger partial charge is 0.459 e. The molecule has 2 unspecified atom stereocenters. The summed E-state index contributed by atoms with van der Waals surface area (Å²) in [5, 5.41) is 0. The molecule has 2 aliphatic rings.